The van der Waals surface area contributed by atoms with Crippen LogP contribution in [-0.2, 0) is 19.7 Å². The van der Waals surface area contributed by atoms with E-state index in [1.54, 1.807) is 51.1 Å². The van der Waals surface area contributed by atoms with E-state index in [2.05, 4.69) is 47.3 Å². The number of halogens is 3. The Bertz CT molecular complexity index is 1190. The minimum absolute atomic E-state index is 0.191. The summed E-state index contributed by atoms with van der Waals surface area (Å²) in [6, 6.07) is 8.79. The lowest BCUT2D eigenvalue weighted by atomic mass is 9.62. The maximum absolute atomic E-state index is 15.7. The first-order valence-corrected chi connectivity index (χ1v) is 12.9. The number of benzene rings is 2. The maximum Gasteiger partial charge on any atom is 0.324 e. The molecule has 1 fully saturated rings. The standard InChI is InChI=1S/C27H31BrClFN2O3/c1-25(2,3)13-19-27(16-11-10-14(29)12-18(16)31-24(27)34)20(15-8-7-9-17(28)21(15)30)22(32-19)23(33)35-26(4,5)6/h7-12,19-20,22,32H,13H2,1-6H3,(H,31,34)/t19-,20+,22?,27?/m0/s1. The van der Waals surface area contributed by atoms with Crippen molar-refractivity contribution in [1.29, 1.82) is 0 Å². The number of hydrogen-bond acceptors (Lipinski definition) is 4. The van der Waals surface area contributed by atoms with Crippen molar-refractivity contribution in [3.05, 3.63) is 62.8 Å². The summed E-state index contributed by atoms with van der Waals surface area (Å²) < 4.78 is 21.8. The molecule has 0 aliphatic carbocycles. The summed E-state index contributed by atoms with van der Waals surface area (Å²) in [4.78, 5) is 27.6. The molecular weight excluding hydrogens is 535 g/mol. The van der Waals surface area contributed by atoms with Gasteiger partial charge in [0.25, 0.3) is 0 Å². The Hall–Kier alpha value is -1.96. The topological polar surface area (TPSA) is 67.4 Å². The van der Waals surface area contributed by atoms with Gasteiger partial charge in [-0.05, 0) is 77.9 Å². The molecule has 2 aliphatic heterocycles. The van der Waals surface area contributed by atoms with E-state index >= 15 is 4.39 Å². The summed E-state index contributed by atoms with van der Waals surface area (Å²) in [7, 11) is 0. The van der Waals surface area contributed by atoms with Crippen LogP contribution in [0.4, 0.5) is 10.1 Å². The van der Waals surface area contributed by atoms with Crippen LogP contribution in [0.5, 0.6) is 0 Å². The molecule has 4 rings (SSSR count). The fraction of sp³-hybridized carbons (Fsp3) is 0.481. The van der Waals surface area contributed by atoms with Crippen molar-refractivity contribution in [2.75, 3.05) is 5.32 Å². The number of carbonyl (C=O) groups excluding carboxylic acids is 2. The lowest BCUT2D eigenvalue weighted by molar-refractivity contribution is -0.157. The Balaban J connectivity index is 2.01. The van der Waals surface area contributed by atoms with Crippen LogP contribution in [0.15, 0.2) is 40.9 Å². The molecule has 0 radical (unpaired) electrons. The molecule has 1 saturated heterocycles. The number of rotatable bonds is 3. The summed E-state index contributed by atoms with van der Waals surface area (Å²) in [5, 5.41) is 6.89. The van der Waals surface area contributed by atoms with Gasteiger partial charge in [0.05, 0.1) is 4.47 Å². The number of esters is 1. The van der Waals surface area contributed by atoms with E-state index in [4.69, 9.17) is 16.3 Å². The summed E-state index contributed by atoms with van der Waals surface area (Å²) in [5.41, 5.74) is -0.646. The average Bonchev–Trinajstić information content (AvgIpc) is 3.17. The Morgan fingerprint density at radius 3 is 2.49 bits per heavy atom. The highest BCUT2D eigenvalue weighted by Crippen LogP contribution is 2.57. The second-order valence-electron chi connectivity index (χ2n) is 11.6. The van der Waals surface area contributed by atoms with Gasteiger partial charge in [-0.2, -0.15) is 0 Å². The zero-order valence-corrected chi connectivity index (χ0v) is 23.1. The molecular formula is C27H31BrClFN2O3. The largest absolute Gasteiger partial charge is 0.459 e. The Morgan fingerprint density at radius 2 is 1.86 bits per heavy atom. The predicted molar refractivity (Wildman–Crippen MR) is 139 cm³/mol. The summed E-state index contributed by atoms with van der Waals surface area (Å²) in [5.74, 6) is -2.16. The molecule has 0 aromatic heterocycles. The second-order valence-corrected chi connectivity index (χ2v) is 12.9. The van der Waals surface area contributed by atoms with E-state index in [0.29, 0.717) is 22.7 Å². The molecule has 0 bridgehead atoms. The van der Waals surface area contributed by atoms with E-state index in [1.165, 1.54) is 0 Å². The van der Waals surface area contributed by atoms with Crippen LogP contribution < -0.4 is 10.6 Å². The fourth-order valence-corrected chi connectivity index (χ4v) is 6.05. The molecule has 2 aromatic rings. The second kappa shape index (κ2) is 8.86. The highest BCUT2D eigenvalue weighted by Gasteiger charge is 2.66. The van der Waals surface area contributed by atoms with Crippen LogP contribution in [0.3, 0.4) is 0 Å². The van der Waals surface area contributed by atoms with E-state index < -0.39 is 40.8 Å². The molecule has 188 valence electrons. The third kappa shape index (κ3) is 4.63. The number of hydrogen-bond donors (Lipinski definition) is 2. The van der Waals surface area contributed by atoms with Crippen LogP contribution in [0.25, 0.3) is 0 Å². The third-order valence-corrected chi connectivity index (χ3v) is 7.45. The highest BCUT2D eigenvalue weighted by molar-refractivity contribution is 9.10. The van der Waals surface area contributed by atoms with Crippen LogP contribution in [0, 0.1) is 11.2 Å². The Labute approximate surface area is 219 Å². The fourth-order valence-electron chi connectivity index (χ4n) is 5.49. The number of ether oxygens (including phenoxy) is 1. The molecule has 5 nitrogen and oxygen atoms in total. The van der Waals surface area contributed by atoms with Gasteiger partial charge in [-0.15, -0.1) is 0 Å². The number of carbonyl (C=O) groups is 2. The molecule has 4 atom stereocenters. The van der Waals surface area contributed by atoms with Gasteiger partial charge in [0.2, 0.25) is 5.91 Å². The summed E-state index contributed by atoms with van der Waals surface area (Å²) >= 11 is 9.54. The van der Waals surface area contributed by atoms with Crippen LogP contribution >= 0.6 is 27.5 Å². The van der Waals surface area contributed by atoms with Gasteiger partial charge in [-0.3, -0.25) is 14.9 Å². The molecule has 2 aromatic carbocycles. The van der Waals surface area contributed by atoms with Crippen molar-refractivity contribution < 1.29 is 18.7 Å². The van der Waals surface area contributed by atoms with Crippen molar-refractivity contribution in [3.8, 4) is 0 Å². The minimum atomic E-state index is -1.25. The molecule has 1 amide bonds. The van der Waals surface area contributed by atoms with E-state index in [1.807, 2.05) is 6.07 Å². The summed E-state index contributed by atoms with van der Waals surface area (Å²) in [6.07, 6.45) is 0.563. The quantitative estimate of drug-likeness (QED) is 0.427. The van der Waals surface area contributed by atoms with Gasteiger partial charge in [-0.1, -0.05) is 50.6 Å². The van der Waals surface area contributed by atoms with Gasteiger partial charge < -0.3 is 10.1 Å². The number of anilines is 1. The smallest absolute Gasteiger partial charge is 0.324 e. The number of amides is 1. The third-order valence-electron chi connectivity index (χ3n) is 6.60. The van der Waals surface area contributed by atoms with Gasteiger partial charge in [0.1, 0.15) is 22.9 Å². The van der Waals surface area contributed by atoms with Crippen molar-refractivity contribution >= 4 is 45.1 Å². The molecule has 2 heterocycles. The first kappa shape index (κ1) is 26.1. The maximum atomic E-state index is 15.7. The van der Waals surface area contributed by atoms with Gasteiger partial charge in [0.15, 0.2) is 0 Å². The first-order chi connectivity index (χ1) is 16.1. The molecule has 2 N–H and O–H groups in total. The first-order valence-electron chi connectivity index (χ1n) is 11.7. The molecule has 2 unspecified atom stereocenters. The average molecular weight is 566 g/mol. The normalized spacial score (nSPS) is 26.1. The molecule has 0 saturated carbocycles. The van der Waals surface area contributed by atoms with Crippen molar-refractivity contribution in [2.45, 2.75) is 77.0 Å². The zero-order chi connectivity index (χ0) is 25.9. The van der Waals surface area contributed by atoms with Gasteiger partial charge in [0, 0.05) is 22.7 Å². The Kier molecular flexibility index (Phi) is 6.61. The van der Waals surface area contributed by atoms with Crippen LogP contribution in [0.1, 0.15) is 65.0 Å². The highest BCUT2D eigenvalue weighted by atomic mass is 79.9. The van der Waals surface area contributed by atoms with Gasteiger partial charge >= 0.3 is 5.97 Å². The number of fused-ring (bicyclic) bond motifs is 2. The molecule has 2 aliphatic rings. The van der Waals surface area contributed by atoms with Crippen molar-refractivity contribution in [2.24, 2.45) is 5.41 Å². The van der Waals surface area contributed by atoms with E-state index in [9.17, 15) is 9.59 Å². The minimum Gasteiger partial charge on any atom is -0.459 e. The van der Waals surface area contributed by atoms with Crippen LogP contribution in [0.2, 0.25) is 5.02 Å². The molecule has 8 heteroatoms. The molecule has 1 spiro atoms. The van der Waals surface area contributed by atoms with Crippen LogP contribution in [-0.4, -0.2) is 29.6 Å². The molecule has 35 heavy (non-hydrogen) atoms. The monoisotopic (exact) mass is 564 g/mol. The van der Waals surface area contributed by atoms with Gasteiger partial charge in [-0.25, -0.2) is 4.39 Å². The van der Waals surface area contributed by atoms with Crippen molar-refractivity contribution in [1.82, 2.24) is 5.32 Å². The van der Waals surface area contributed by atoms with Crippen molar-refractivity contribution in [3.63, 3.8) is 0 Å². The lowest BCUT2D eigenvalue weighted by Crippen LogP contribution is -2.49. The number of nitrogens with one attached hydrogen (secondary N) is 2. The Morgan fingerprint density at radius 1 is 1.17 bits per heavy atom. The van der Waals surface area contributed by atoms with E-state index in [-0.39, 0.29) is 21.4 Å². The SMILES string of the molecule is CC(C)(C)C[C@@H]1NC(C(=O)OC(C)(C)C)[C@@H](c2cccc(Br)c2F)C12C(=O)Nc1cc(Cl)ccc12. The zero-order valence-electron chi connectivity index (χ0n) is 20.8. The summed E-state index contributed by atoms with van der Waals surface area (Å²) in [6.45, 7) is 11.6. The predicted octanol–water partition coefficient (Wildman–Crippen LogP) is 6.33. The van der Waals surface area contributed by atoms with E-state index in [0.717, 1.165) is 0 Å². The lowest BCUT2D eigenvalue weighted by Gasteiger charge is -2.37.